The highest BCUT2D eigenvalue weighted by atomic mass is 16.4. The van der Waals surface area contributed by atoms with Gasteiger partial charge in [-0.15, -0.1) is 0 Å². The number of amides is 3. The molecule has 1 rings (SSSR count). The van der Waals surface area contributed by atoms with E-state index in [4.69, 9.17) is 5.11 Å². The Bertz CT molecular complexity index is 342. The van der Waals surface area contributed by atoms with E-state index in [0.717, 1.165) is 12.2 Å². The lowest BCUT2D eigenvalue weighted by Gasteiger charge is -2.06. The number of carbonyl (C=O) groups excluding carboxylic acids is 3. The maximum Gasteiger partial charge on any atom is 0.327 e. The van der Waals surface area contributed by atoms with Crippen LogP contribution in [-0.4, -0.2) is 33.7 Å². The van der Waals surface area contributed by atoms with Crippen molar-refractivity contribution in [1.82, 2.24) is 4.90 Å². The van der Waals surface area contributed by atoms with Gasteiger partial charge in [-0.1, -0.05) is 13.2 Å². The van der Waals surface area contributed by atoms with E-state index in [1.54, 1.807) is 0 Å². The van der Waals surface area contributed by atoms with Crippen LogP contribution in [0.25, 0.3) is 0 Å². The van der Waals surface area contributed by atoms with Crippen molar-refractivity contribution in [2.75, 3.05) is 0 Å². The Balaban J connectivity index is 0.000000385. The van der Waals surface area contributed by atoms with E-state index in [-0.39, 0.29) is 12.8 Å². The molecule has 3 amide bonds. The molecule has 1 heterocycles. The number of imide groups is 3. The standard InChI is InChI=1S/C7H7NO3.C3H4O2/c1-2-5(9)8-6(10)3-4-7(8)11;1-2-3(4)5/h2H,1,3-4H2;2H,1H2,(H,4,5). The van der Waals surface area contributed by atoms with Crippen molar-refractivity contribution in [1.29, 1.82) is 0 Å². The average Bonchev–Trinajstić information content (AvgIpc) is 2.58. The summed E-state index contributed by atoms with van der Waals surface area (Å²) in [5.41, 5.74) is 0. The van der Waals surface area contributed by atoms with Gasteiger partial charge in [-0.25, -0.2) is 9.69 Å². The van der Waals surface area contributed by atoms with E-state index in [2.05, 4.69) is 13.2 Å². The number of aliphatic carboxylic acids is 1. The van der Waals surface area contributed by atoms with Crippen LogP contribution in [0, 0.1) is 0 Å². The van der Waals surface area contributed by atoms with Crippen LogP contribution in [0.5, 0.6) is 0 Å². The molecule has 1 N–H and O–H groups in total. The van der Waals surface area contributed by atoms with Gasteiger partial charge in [0.1, 0.15) is 0 Å². The van der Waals surface area contributed by atoms with E-state index in [9.17, 15) is 19.2 Å². The number of rotatable bonds is 2. The van der Waals surface area contributed by atoms with Gasteiger partial charge in [0, 0.05) is 18.9 Å². The minimum atomic E-state index is -0.981. The third-order valence-corrected chi connectivity index (χ3v) is 1.62. The van der Waals surface area contributed by atoms with E-state index >= 15 is 0 Å². The molecular formula is C10H11NO5. The van der Waals surface area contributed by atoms with Gasteiger partial charge >= 0.3 is 5.97 Å². The van der Waals surface area contributed by atoms with E-state index in [1.807, 2.05) is 0 Å². The molecular weight excluding hydrogens is 214 g/mol. The fourth-order valence-electron chi connectivity index (χ4n) is 0.914. The second-order valence-electron chi connectivity index (χ2n) is 2.71. The van der Waals surface area contributed by atoms with E-state index < -0.39 is 23.7 Å². The van der Waals surface area contributed by atoms with Crippen LogP contribution >= 0.6 is 0 Å². The third kappa shape index (κ3) is 3.87. The van der Waals surface area contributed by atoms with Gasteiger partial charge < -0.3 is 5.11 Å². The number of hydrogen-bond donors (Lipinski definition) is 1. The minimum absolute atomic E-state index is 0.137. The van der Waals surface area contributed by atoms with E-state index in [0.29, 0.717) is 4.90 Å². The molecule has 6 heteroatoms. The molecule has 0 aromatic heterocycles. The van der Waals surface area contributed by atoms with Crippen molar-refractivity contribution in [3.8, 4) is 0 Å². The van der Waals surface area contributed by atoms with Crippen LogP contribution in [0.15, 0.2) is 25.3 Å². The number of likely N-dealkylation sites (tertiary alicyclic amines) is 1. The Labute approximate surface area is 91.8 Å². The topological polar surface area (TPSA) is 91.8 Å². The molecule has 86 valence electrons. The van der Waals surface area contributed by atoms with Crippen LogP contribution in [-0.2, 0) is 19.2 Å². The number of carboxylic acid groups (broad SMARTS) is 1. The number of hydrogen-bond acceptors (Lipinski definition) is 4. The first kappa shape index (κ1) is 13.8. The van der Waals surface area contributed by atoms with Crippen LogP contribution in [0.4, 0.5) is 0 Å². The summed E-state index contributed by atoms with van der Waals surface area (Å²) in [6, 6.07) is 0. The second kappa shape index (κ2) is 6.28. The molecule has 0 aromatic carbocycles. The first-order valence-corrected chi connectivity index (χ1v) is 4.31. The Morgan fingerprint density at radius 1 is 1.12 bits per heavy atom. The molecule has 16 heavy (non-hydrogen) atoms. The van der Waals surface area contributed by atoms with Gasteiger partial charge in [-0.2, -0.15) is 0 Å². The first-order chi connectivity index (χ1) is 7.43. The van der Waals surface area contributed by atoms with Crippen molar-refractivity contribution in [3.63, 3.8) is 0 Å². The lowest BCUT2D eigenvalue weighted by atomic mass is 10.4. The maximum absolute atomic E-state index is 10.8. The summed E-state index contributed by atoms with van der Waals surface area (Å²) >= 11 is 0. The molecule has 1 aliphatic rings. The summed E-state index contributed by atoms with van der Waals surface area (Å²) in [6.45, 7) is 6.14. The molecule has 0 radical (unpaired) electrons. The van der Waals surface area contributed by atoms with Crippen molar-refractivity contribution in [2.45, 2.75) is 12.8 Å². The Morgan fingerprint density at radius 3 is 1.75 bits per heavy atom. The molecule has 0 saturated carbocycles. The van der Waals surface area contributed by atoms with Crippen molar-refractivity contribution < 1.29 is 24.3 Å². The second-order valence-corrected chi connectivity index (χ2v) is 2.71. The predicted molar refractivity (Wildman–Crippen MR) is 54.1 cm³/mol. The fourth-order valence-corrected chi connectivity index (χ4v) is 0.914. The van der Waals surface area contributed by atoms with Gasteiger partial charge in [-0.3, -0.25) is 14.4 Å². The minimum Gasteiger partial charge on any atom is -0.478 e. The van der Waals surface area contributed by atoms with Crippen molar-refractivity contribution in [2.24, 2.45) is 0 Å². The maximum atomic E-state index is 10.8. The third-order valence-electron chi connectivity index (χ3n) is 1.62. The normalized spacial score (nSPS) is 13.9. The van der Waals surface area contributed by atoms with Crippen LogP contribution < -0.4 is 0 Å². The predicted octanol–water partition coefficient (Wildman–Crippen LogP) is 0.105. The number of carboxylic acids is 1. The van der Waals surface area contributed by atoms with Gasteiger partial charge in [-0.05, 0) is 6.08 Å². The summed E-state index contributed by atoms with van der Waals surface area (Å²) in [4.78, 5) is 42.3. The van der Waals surface area contributed by atoms with Crippen molar-refractivity contribution >= 4 is 23.7 Å². The van der Waals surface area contributed by atoms with Gasteiger partial charge in [0.25, 0.3) is 5.91 Å². The average molecular weight is 225 g/mol. The zero-order valence-electron chi connectivity index (χ0n) is 8.51. The monoisotopic (exact) mass is 225 g/mol. The molecule has 6 nitrogen and oxygen atoms in total. The zero-order valence-corrected chi connectivity index (χ0v) is 8.51. The zero-order chi connectivity index (χ0) is 12.7. The molecule has 0 aliphatic carbocycles. The van der Waals surface area contributed by atoms with Gasteiger partial charge in [0.05, 0.1) is 0 Å². The molecule has 1 fully saturated rings. The molecule has 0 aromatic rings. The van der Waals surface area contributed by atoms with E-state index in [1.165, 1.54) is 0 Å². The lowest BCUT2D eigenvalue weighted by molar-refractivity contribution is -0.147. The number of nitrogens with zero attached hydrogens (tertiary/aromatic N) is 1. The molecule has 1 aliphatic heterocycles. The first-order valence-electron chi connectivity index (χ1n) is 4.31. The molecule has 0 spiro atoms. The summed E-state index contributed by atoms with van der Waals surface area (Å²) in [7, 11) is 0. The Hall–Kier alpha value is -2.24. The summed E-state index contributed by atoms with van der Waals surface area (Å²) < 4.78 is 0. The number of carbonyl (C=O) groups is 4. The SMILES string of the molecule is C=CC(=O)N1C(=O)CCC1=O.C=CC(=O)O. The smallest absolute Gasteiger partial charge is 0.327 e. The highest BCUT2D eigenvalue weighted by Crippen LogP contribution is 2.11. The summed E-state index contributed by atoms with van der Waals surface area (Å²) in [6.07, 6.45) is 2.07. The highest BCUT2D eigenvalue weighted by Gasteiger charge is 2.32. The van der Waals surface area contributed by atoms with Gasteiger partial charge in [0.2, 0.25) is 11.8 Å². The van der Waals surface area contributed by atoms with Crippen LogP contribution in [0.3, 0.4) is 0 Å². The highest BCUT2D eigenvalue weighted by molar-refractivity contribution is 6.17. The molecule has 0 bridgehead atoms. The van der Waals surface area contributed by atoms with Crippen molar-refractivity contribution in [3.05, 3.63) is 25.3 Å². The lowest BCUT2D eigenvalue weighted by Crippen LogP contribution is -2.33. The quantitative estimate of drug-likeness (QED) is 0.531. The fraction of sp³-hybridized carbons (Fsp3) is 0.200. The molecule has 0 unspecified atom stereocenters. The Morgan fingerprint density at radius 2 is 1.50 bits per heavy atom. The van der Waals surface area contributed by atoms with Gasteiger partial charge in [0.15, 0.2) is 0 Å². The Kier molecular flexibility index (Phi) is 5.40. The molecule has 0 atom stereocenters. The summed E-state index contributed by atoms with van der Waals surface area (Å²) in [5.74, 6) is -2.47. The van der Waals surface area contributed by atoms with Crippen LogP contribution in [0.2, 0.25) is 0 Å². The largest absolute Gasteiger partial charge is 0.478 e. The summed E-state index contributed by atoms with van der Waals surface area (Å²) in [5, 5.41) is 7.60. The molecule has 1 saturated heterocycles. The van der Waals surface area contributed by atoms with Crippen LogP contribution in [0.1, 0.15) is 12.8 Å².